The summed E-state index contributed by atoms with van der Waals surface area (Å²) in [5.74, 6) is 1.54. The fourth-order valence-corrected chi connectivity index (χ4v) is 5.37. The molecule has 1 amide bonds. The molecule has 0 saturated carbocycles. The van der Waals surface area contributed by atoms with E-state index in [-0.39, 0.29) is 29.6 Å². The number of amides is 1. The van der Waals surface area contributed by atoms with Crippen molar-refractivity contribution in [2.75, 3.05) is 13.1 Å². The zero-order valence-corrected chi connectivity index (χ0v) is 20.2. The molecule has 2 aromatic heterocycles. The van der Waals surface area contributed by atoms with Gasteiger partial charge in [-0.15, -0.1) is 0 Å². The molecule has 3 aromatic rings. The molecule has 1 unspecified atom stereocenters. The molecule has 1 fully saturated rings. The lowest BCUT2D eigenvalue weighted by Crippen LogP contribution is -2.38. The molecule has 34 heavy (non-hydrogen) atoms. The molecule has 2 aliphatic heterocycles. The van der Waals surface area contributed by atoms with Crippen molar-refractivity contribution in [2.45, 2.75) is 57.6 Å². The predicted octanol–water partition coefficient (Wildman–Crippen LogP) is 1.94. The largest absolute Gasteiger partial charge is 0.471 e. The molecule has 9 nitrogen and oxygen atoms in total. The third-order valence-corrected chi connectivity index (χ3v) is 7.26. The lowest BCUT2D eigenvalue weighted by Gasteiger charge is -2.27. The van der Waals surface area contributed by atoms with Gasteiger partial charge in [-0.05, 0) is 25.0 Å². The topological polar surface area (TPSA) is 91.4 Å². The van der Waals surface area contributed by atoms with E-state index in [1.807, 2.05) is 33.7 Å². The van der Waals surface area contributed by atoms with E-state index in [1.54, 1.807) is 7.05 Å². The maximum atomic E-state index is 13.4. The van der Waals surface area contributed by atoms with Crippen molar-refractivity contribution >= 4 is 16.9 Å². The van der Waals surface area contributed by atoms with Crippen LogP contribution < -0.4 is 16.0 Å². The van der Waals surface area contributed by atoms with Crippen molar-refractivity contribution in [1.29, 1.82) is 0 Å². The molecule has 0 N–H and O–H groups in total. The van der Waals surface area contributed by atoms with Crippen molar-refractivity contribution in [1.82, 2.24) is 23.6 Å². The summed E-state index contributed by atoms with van der Waals surface area (Å²) >= 11 is 0. The number of likely N-dealkylation sites (tertiary alicyclic amines) is 1. The Labute approximate surface area is 197 Å². The van der Waals surface area contributed by atoms with E-state index in [4.69, 9.17) is 9.72 Å². The number of carbonyl (C=O) groups is 1. The zero-order valence-electron chi connectivity index (χ0n) is 20.2. The van der Waals surface area contributed by atoms with E-state index in [0.29, 0.717) is 37.4 Å². The number of carbonyl (C=O) groups excluding carboxylic acids is 1. The van der Waals surface area contributed by atoms with Gasteiger partial charge in [-0.2, -0.15) is 0 Å². The average Bonchev–Trinajstić information content (AvgIpc) is 3.30. The van der Waals surface area contributed by atoms with Crippen LogP contribution >= 0.6 is 0 Å². The molecule has 180 valence electrons. The van der Waals surface area contributed by atoms with E-state index >= 15 is 0 Å². The highest BCUT2D eigenvalue weighted by atomic mass is 16.5. The Morgan fingerprint density at radius 3 is 2.65 bits per heavy atom. The highest BCUT2D eigenvalue weighted by molar-refractivity contribution is 5.81. The molecular weight excluding hydrogens is 434 g/mol. The average molecular weight is 466 g/mol. The van der Waals surface area contributed by atoms with E-state index < -0.39 is 5.60 Å². The molecule has 1 saturated heterocycles. The van der Waals surface area contributed by atoms with Gasteiger partial charge in [0.1, 0.15) is 18.0 Å². The Kier molecular flexibility index (Phi) is 5.37. The predicted molar refractivity (Wildman–Crippen MR) is 128 cm³/mol. The molecule has 5 rings (SSSR count). The monoisotopic (exact) mass is 465 g/mol. The molecule has 0 aliphatic carbocycles. The second-order valence-electron chi connectivity index (χ2n) is 9.89. The Morgan fingerprint density at radius 1 is 1.12 bits per heavy atom. The van der Waals surface area contributed by atoms with Crippen LogP contribution in [0, 0.1) is 0 Å². The zero-order chi connectivity index (χ0) is 24.2. The number of rotatable bonds is 3. The molecule has 2 aliphatic rings. The number of aromatic nitrogens is 4. The lowest BCUT2D eigenvalue weighted by molar-refractivity contribution is -0.131. The molecule has 1 spiro atoms. The van der Waals surface area contributed by atoms with Crippen LogP contribution in [-0.4, -0.2) is 48.2 Å². The third kappa shape index (κ3) is 3.54. The van der Waals surface area contributed by atoms with E-state index in [0.717, 1.165) is 34.3 Å². The summed E-state index contributed by atoms with van der Waals surface area (Å²) < 4.78 is 10.9. The van der Waals surface area contributed by atoms with Gasteiger partial charge in [0, 0.05) is 45.9 Å². The van der Waals surface area contributed by atoms with Crippen LogP contribution in [-0.2, 0) is 31.9 Å². The van der Waals surface area contributed by atoms with Crippen LogP contribution in [0.2, 0.25) is 0 Å². The van der Waals surface area contributed by atoms with Gasteiger partial charge in [-0.25, -0.2) is 9.78 Å². The number of fused-ring (bicyclic) bond motifs is 2. The van der Waals surface area contributed by atoms with Crippen molar-refractivity contribution < 1.29 is 9.53 Å². The van der Waals surface area contributed by atoms with Gasteiger partial charge in [-0.1, -0.05) is 26.0 Å². The van der Waals surface area contributed by atoms with Crippen molar-refractivity contribution in [2.24, 2.45) is 14.1 Å². The van der Waals surface area contributed by atoms with Crippen LogP contribution in [0.5, 0.6) is 5.88 Å². The molecule has 0 bridgehead atoms. The first-order chi connectivity index (χ1) is 16.2. The summed E-state index contributed by atoms with van der Waals surface area (Å²) in [6, 6.07) is 7.91. The first-order valence-corrected chi connectivity index (χ1v) is 11.9. The first kappa shape index (κ1) is 22.4. The van der Waals surface area contributed by atoms with Crippen LogP contribution in [0.4, 0.5) is 0 Å². The fraction of sp³-hybridized carbons (Fsp3) is 0.520. The number of imidazole rings is 1. The molecule has 4 heterocycles. The number of hydrogen-bond donors (Lipinski definition) is 0. The van der Waals surface area contributed by atoms with Gasteiger partial charge < -0.3 is 14.2 Å². The molecule has 1 atom stereocenters. The number of benzene rings is 1. The first-order valence-electron chi connectivity index (χ1n) is 11.9. The second-order valence-corrected chi connectivity index (χ2v) is 9.89. The smallest absolute Gasteiger partial charge is 0.333 e. The fourth-order valence-electron chi connectivity index (χ4n) is 5.37. The van der Waals surface area contributed by atoms with Crippen LogP contribution in [0.25, 0.3) is 11.0 Å². The van der Waals surface area contributed by atoms with Crippen LogP contribution in [0.15, 0.2) is 33.9 Å². The summed E-state index contributed by atoms with van der Waals surface area (Å²) in [7, 11) is 3.13. The number of hydrogen-bond acceptors (Lipinski definition) is 5. The third-order valence-electron chi connectivity index (χ3n) is 7.26. The maximum absolute atomic E-state index is 13.4. The Hall–Kier alpha value is -3.36. The van der Waals surface area contributed by atoms with Gasteiger partial charge in [0.15, 0.2) is 0 Å². The standard InChI is InChI=1S/C25H31N5O4/c1-16(2)21-26-18-8-5-6-9-19(18)30(21)15-20(31)29-12-7-10-25(11-13-29)14-17-22(32)27(3)24(33)28(4)23(17)34-25/h5-6,8-9,16H,7,10-15H2,1-4H3. The van der Waals surface area contributed by atoms with Crippen LogP contribution in [0.1, 0.15) is 50.4 Å². The minimum absolute atomic E-state index is 0.0564. The SMILES string of the molecule is CC(C)c1nc2ccccc2n1CC(=O)N1CCCC2(CC1)Cc1c(n(C)c(=O)n(C)c1=O)O2. The summed E-state index contributed by atoms with van der Waals surface area (Å²) in [5, 5.41) is 0. The summed E-state index contributed by atoms with van der Waals surface area (Å²) in [6.45, 7) is 5.61. The van der Waals surface area contributed by atoms with Crippen molar-refractivity contribution in [3.05, 3.63) is 56.5 Å². The lowest BCUT2D eigenvalue weighted by atomic mass is 9.90. The second kappa shape index (κ2) is 8.14. The van der Waals surface area contributed by atoms with Gasteiger partial charge in [0.05, 0.1) is 16.6 Å². The highest BCUT2D eigenvalue weighted by Crippen LogP contribution is 2.38. The summed E-state index contributed by atoms with van der Waals surface area (Å²) in [5.41, 5.74) is 1.19. The molecular formula is C25H31N5O4. The molecule has 0 radical (unpaired) electrons. The van der Waals surface area contributed by atoms with E-state index in [1.165, 1.54) is 11.6 Å². The van der Waals surface area contributed by atoms with Crippen molar-refractivity contribution in [3.63, 3.8) is 0 Å². The summed E-state index contributed by atoms with van der Waals surface area (Å²) in [4.78, 5) is 45.1. The van der Waals surface area contributed by atoms with Crippen molar-refractivity contribution in [3.8, 4) is 5.88 Å². The molecule has 9 heteroatoms. The normalized spacial score (nSPS) is 20.1. The Morgan fingerprint density at radius 2 is 1.88 bits per heavy atom. The number of nitrogens with zero attached hydrogens (tertiary/aromatic N) is 5. The minimum atomic E-state index is -0.556. The Bertz CT molecular complexity index is 1400. The van der Waals surface area contributed by atoms with E-state index in [9.17, 15) is 14.4 Å². The maximum Gasteiger partial charge on any atom is 0.333 e. The minimum Gasteiger partial charge on any atom is -0.471 e. The van der Waals surface area contributed by atoms with Gasteiger partial charge in [0.2, 0.25) is 11.8 Å². The van der Waals surface area contributed by atoms with E-state index in [2.05, 4.69) is 13.8 Å². The quantitative estimate of drug-likeness (QED) is 0.590. The van der Waals surface area contributed by atoms with Gasteiger partial charge in [-0.3, -0.25) is 18.7 Å². The Balaban J connectivity index is 1.36. The summed E-state index contributed by atoms with van der Waals surface area (Å²) in [6.07, 6.45) is 2.59. The molecule has 1 aromatic carbocycles. The van der Waals surface area contributed by atoms with Gasteiger partial charge >= 0.3 is 5.69 Å². The number of para-hydroxylation sites is 2. The number of ether oxygens (including phenoxy) is 1. The highest BCUT2D eigenvalue weighted by Gasteiger charge is 2.44. The van der Waals surface area contributed by atoms with Gasteiger partial charge in [0.25, 0.3) is 5.56 Å². The van der Waals surface area contributed by atoms with Crippen LogP contribution in [0.3, 0.4) is 0 Å².